The molecular weight excluding hydrogens is 300 g/mol. The van der Waals surface area contributed by atoms with E-state index in [4.69, 9.17) is 11.6 Å². The van der Waals surface area contributed by atoms with Crippen LogP contribution in [0.15, 0.2) is 60.9 Å². The van der Waals surface area contributed by atoms with Crippen LogP contribution in [-0.2, 0) is 0 Å². The van der Waals surface area contributed by atoms with E-state index in [0.717, 1.165) is 11.3 Å². The summed E-state index contributed by atoms with van der Waals surface area (Å²) in [5, 5.41) is 9.99. The van der Waals surface area contributed by atoms with Crippen LogP contribution >= 0.6 is 11.6 Å². The number of rotatable bonds is 4. The van der Waals surface area contributed by atoms with E-state index in [0.29, 0.717) is 10.7 Å². The molecule has 1 amide bonds. The van der Waals surface area contributed by atoms with Crippen molar-refractivity contribution in [1.29, 1.82) is 0 Å². The summed E-state index contributed by atoms with van der Waals surface area (Å²) in [4.78, 5) is 16.6. The highest BCUT2D eigenvalue weighted by molar-refractivity contribution is 6.30. The van der Waals surface area contributed by atoms with Crippen molar-refractivity contribution in [1.82, 2.24) is 20.5 Å². The molecule has 0 saturated carbocycles. The van der Waals surface area contributed by atoms with Gasteiger partial charge in [0.1, 0.15) is 5.69 Å². The molecule has 1 atom stereocenters. The number of amides is 1. The number of hydrogen-bond donors (Lipinski definition) is 2. The number of benzene rings is 1. The minimum atomic E-state index is -0.393. The highest BCUT2D eigenvalue weighted by Gasteiger charge is 2.19. The maximum absolute atomic E-state index is 12.3. The summed E-state index contributed by atoms with van der Waals surface area (Å²) < 4.78 is 0. The second-order valence-electron chi connectivity index (χ2n) is 4.69. The van der Waals surface area contributed by atoms with Crippen molar-refractivity contribution in [3.05, 3.63) is 82.9 Å². The smallest absolute Gasteiger partial charge is 0.270 e. The molecule has 0 aliphatic carbocycles. The molecule has 1 aromatic carbocycles. The molecule has 22 heavy (non-hydrogen) atoms. The van der Waals surface area contributed by atoms with Gasteiger partial charge in [-0.2, -0.15) is 5.10 Å². The van der Waals surface area contributed by atoms with Crippen molar-refractivity contribution in [3.63, 3.8) is 0 Å². The van der Waals surface area contributed by atoms with E-state index in [9.17, 15) is 4.79 Å². The molecule has 3 rings (SSSR count). The Kier molecular flexibility index (Phi) is 4.16. The Morgan fingerprint density at radius 1 is 1.14 bits per heavy atom. The van der Waals surface area contributed by atoms with Crippen LogP contribution in [0.5, 0.6) is 0 Å². The molecule has 3 aromatic rings. The monoisotopic (exact) mass is 312 g/mol. The first-order chi connectivity index (χ1) is 10.7. The Balaban J connectivity index is 1.95. The van der Waals surface area contributed by atoms with Crippen molar-refractivity contribution >= 4 is 17.5 Å². The molecule has 1 unspecified atom stereocenters. The van der Waals surface area contributed by atoms with Crippen LogP contribution < -0.4 is 5.32 Å². The molecule has 0 aliphatic rings. The molecular formula is C16H13ClN4O. The second kappa shape index (κ2) is 6.41. The average molecular weight is 313 g/mol. The van der Waals surface area contributed by atoms with E-state index in [1.165, 1.54) is 6.20 Å². The maximum Gasteiger partial charge on any atom is 0.270 e. The summed E-state index contributed by atoms with van der Waals surface area (Å²) in [6.07, 6.45) is 3.22. The first-order valence-electron chi connectivity index (χ1n) is 6.70. The number of aromatic amines is 1. The van der Waals surface area contributed by atoms with Crippen molar-refractivity contribution < 1.29 is 4.79 Å². The molecule has 0 spiro atoms. The van der Waals surface area contributed by atoms with Gasteiger partial charge in [-0.05, 0) is 35.9 Å². The highest BCUT2D eigenvalue weighted by atomic mass is 35.5. The van der Waals surface area contributed by atoms with Gasteiger partial charge in [0.15, 0.2) is 0 Å². The standard InChI is InChI=1S/C16H13ClN4O/c17-12-5-3-4-11(10-12)15(13-6-1-2-8-18-13)20-16(22)14-7-9-19-21-14/h1-10,15H,(H,19,21)(H,20,22). The minimum Gasteiger partial charge on any atom is -0.338 e. The third-order valence-electron chi connectivity index (χ3n) is 3.19. The topological polar surface area (TPSA) is 70.7 Å². The number of aromatic nitrogens is 3. The van der Waals surface area contributed by atoms with Crippen LogP contribution in [0.3, 0.4) is 0 Å². The summed E-state index contributed by atoms with van der Waals surface area (Å²) in [5.41, 5.74) is 1.99. The molecule has 0 bridgehead atoms. The van der Waals surface area contributed by atoms with E-state index in [1.807, 2.05) is 36.4 Å². The van der Waals surface area contributed by atoms with Gasteiger partial charge in [0, 0.05) is 17.4 Å². The first kappa shape index (κ1) is 14.3. The van der Waals surface area contributed by atoms with Crippen LogP contribution in [0.25, 0.3) is 0 Å². The highest BCUT2D eigenvalue weighted by Crippen LogP contribution is 2.23. The van der Waals surface area contributed by atoms with E-state index in [-0.39, 0.29) is 5.91 Å². The normalized spacial score (nSPS) is 11.9. The lowest BCUT2D eigenvalue weighted by Crippen LogP contribution is -2.30. The first-order valence-corrected chi connectivity index (χ1v) is 7.08. The fourth-order valence-corrected chi connectivity index (χ4v) is 2.35. The summed E-state index contributed by atoms with van der Waals surface area (Å²) in [7, 11) is 0. The minimum absolute atomic E-state index is 0.256. The number of nitrogens with zero attached hydrogens (tertiary/aromatic N) is 2. The summed E-state index contributed by atoms with van der Waals surface area (Å²) in [5.74, 6) is -0.256. The third-order valence-corrected chi connectivity index (χ3v) is 3.42. The Bertz CT molecular complexity index is 759. The SMILES string of the molecule is O=C(NC(c1cccc(Cl)c1)c1ccccn1)c1ccn[nH]1. The molecule has 6 heteroatoms. The van der Waals surface area contributed by atoms with Gasteiger partial charge in [-0.15, -0.1) is 0 Å². The molecule has 0 fully saturated rings. The van der Waals surface area contributed by atoms with Gasteiger partial charge in [-0.25, -0.2) is 0 Å². The van der Waals surface area contributed by atoms with Crippen molar-refractivity contribution in [2.24, 2.45) is 0 Å². The van der Waals surface area contributed by atoms with Gasteiger partial charge in [0.25, 0.3) is 5.91 Å². The molecule has 0 saturated heterocycles. The van der Waals surface area contributed by atoms with Gasteiger partial charge in [-0.1, -0.05) is 29.8 Å². The predicted octanol–water partition coefficient (Wildman–Crippen LogP) is 2.98. The quantitative estimate of drug-likeness (QED) is 0.778. The van der Waals surface area contributed by atoms with E-state index in [1.54, 1.807) is 18.3 Å². The zero-order valence-electron chi connectivity index (χ0n) is 11.5. The largest absolute Gasteiger partial charge is 0.338 e. The lowest BCUT2D eigenvalue weighted by atomic mass is 10.0. The number of hydrogen-bond acceptors (Lipinski definition) is 3. The van der Waals surface area contributed by atoms with E-state index in [2.05, 4.69) is 20.5 Å². The summed E-state index contributed by atoms with van der Waals surface area (Å²) in [6, 6.07) is 14.1. The summed E-state index contributed by atoms with van der Waals surface area (Å²) in [6.45, 7) is 0. The molecule has 2 heterocycles. The number of halogens is 1. The van der Waals surface area contributed by atoms with Gasteiger partial charge < -0.3 is 5.32 Å². The van der Waals surface area contributed by atoms with Crippen molar-refractivity contribution in [3.8, 4) is 0 Å². The molecule has 2 aromatic heterocycles. The fourth-order valence-electron chi connectivity index (χ4n) is 2.15. The summed E-state index contributed by atoms with van der Waals surface area (Å²) >= 11 is 6.06. The molecule has 5 nitrogen and oxygen atoms in total. The van der Waals surface area contributed by atoms with Crippen molar-refractivity contribution in [2.45, 2.75) is 6.04 Å². The average Bonchev–Trinajstić information content (AvgIpc) is 3.08. The predicted molar refractivity (Wildman–Crippen MR) is 83.6 cm³/mol. The zero-order chi connectivity index (χ0) is 15.4. The van der Waals surface area contributed by atoms with Crippen LogP contribution in [0.4, 0.5) is 0 Å². The van der Waals surface area contributed by atoms with E-state index >= 15 is 0 Å². The van der Waals surface area contributed by atoms with E-state index < -0.39 is 6.04 Å². The Hall–Kier alpha value is -2.66. The lowest BCUT2D eigenvalue weighted by molar-refractivity contribution is 0.0937. The van der Waals surface area contributed by atoms with Crippen molar-refractivity contribution in [2.75, 3.05) is 0 Å². The Morgan fingerprint density at radius 2 is 2.05 bits per heavy atom. The number of H-pyrrole nitrogens is 1. The number of nitrogens with one attached hydrogen (secondary N) is 2. The van der Waals surface area contributed by atoms with Gasteiger partial charge in [0.2, 0.25) is 0 Å². The number of pyridine rings is 1. The van der Waals surface area contributed by atoms with Gasteiger partial charge in [-0.3, -0.25) is 14.9 Å². The van der Waals surface area contributed by atoms with Crippen LogP contribution in [0, 0.1) is 0 Å². The molecule has 0 aliphatic heterocycles. The number of carbonyl (C=O) groups excluding carboxylic acids is 1. The third kappa shape index (κ3) is 3.15. The van der Waals surface area contributed by atoms with Crippen LogP contribution in [-0.4, -0.2) is 21.1 Å². The maximum atomic E-state index is 12.3. The Labute approximate surface area is 132 Å². The molecule has 0 radical (unpaired) electrons. The lowest BCUT2D eigenvalue weighted by Gasteiger charge is -2.18. The Morgan fingerprint density at radius 3 is 2.73 bits per heavy atom. The second-order valence-corrected chi connectivity index (χ2v) is 5.12. The molecule has 110 valence electrons. The number of carbonyl (C=O) groups is 1. The molecule has 2 N–H and O–H groups in total. The van der Waals surface area contributed by atoms with Crippen LogP contribution in [0.2, 0.25) is 5.02 Å². The fraction of sp³-hybridized carbons (Fsp3) is 0.0625. The van der Waals surface area contributed by atoms with Gasteiger partial charge >= 0.3 is 0 Å². The van der Waals surface area contributed by atoms with Crippen LogP contribution in [0.1, 0.15) is 27.8 Å². The van der Waals surface area contributed by atoms with Gasteiger partial charge in [0.05, 0.1) is 11.7 Å². The zero-order valence-corrected chi connectivity index (χ0v) is 12.3.